The summed E-state index contributed by atoms with van der Waals surface area (Å²) < 4.78 is 4.70. The molecule has 0 radical (unpaired) electrons. The minimum Gasteiger partial charge on any atom is -0.465 e. The van der Waals surface area contributed by atoms with Gasteiger partial charge in [-0.25, -0.2) is 0 Å². The highest BCUT2D eigenvalue weighted by Crippen LogP contribution is 2.14. The summed E-state index contributed by atoms with van der Waals surface area (Å²) in [5.74, 6) is -0.803. The molecule has 92 valence electrons. The Morgan fingerprint density at radius 3 is 2.65 bits per heavy atom. The number of carbonyl (C=O) groups is 2. The third-order valence-electron chi connectivity index (χ3n) is 2.00. The molecule has 1 amide bonds. The minimum atomic E-state index is -0.459. The zero-order valence-corrected chi connectivity index (χ0v) is 10.5. The molecule has 0 heterocycles. The second-order valence-electron chi connectivity index (χ2n) is 3.50. The van der Waals surface area contributed by atoms with Crippen molar-refractivity contribution in [3.8, 4) is 0 Å². The van der Waals surface area contributed by atoms with Crippen molar-refractivity contribution in [3.63, 3.8) is 0 Å². The van der Waals surface area contributed by atoms with Gasteiger partial charge in [0.15, 0.2) is 0 Å². The van der Waals surface area contributed by atoms with Crippen LogP contribution in [0.15, 0.2) is 18.2 Å². The molecule has 0 atom stereocenters. The molecule has 0 aliphatic carbocycles. The van der Waals surface area contributed by atoms with Gasteiger partial charge in [0, 0.05) is 10.6 Å². The fourth-order valence-corrected chi connectivity index (χ4v) is 1.62. The monoisotopic (exact) mass is 255 g/mol. The number of halogens is 1. The van der Waals surface area contributed by atoms with Gasteiger partial charge in [-0.1, -0.05) is 11.6 Å². The maximum Gasteiger partial charge on any atom is 0.325 e. The molecule has 0 saturated carbocycles. The van der Waals surface area contributed by atoms with Crippen molar-refractivity contribution in [2.45, 2.75) is 13.8 Å². The first-order chi connectivity index (χ1) is 8.02. The molecule has 0 spiro atoms. The van der Waals surface area contributed by atoms with Crippen LogP contribution in [0.4, 0.5) is 0 Å². The van der Waals surface area contributed by atoms with E-state index in [4.69, 9.17) is 16.3 Å². The molecule has 1 aromatic rings. The van der Waals surface area contributed by atoms with Gasteiger partial charge in [-0.3, -0.25) is 9.59 Å². The van der Waals surface area contributed by atoms with E-state index in [1.165, 1.54) is 0 Å². The van der Waals surface area contributed by atoms with Crippen molar-refractivity contribution in [1.29, 1.82) is 0 Å². The molecule has 0 aliphatic rings. The SMILES string of the molecule is CCOC(=O)CNC(=O)c1cc(C)cc(Cl)c1. The molecule has 1 N–H and O–H groups in total. The zero-order valence-electron chi connectivity index (χ0n) is 9.75. The third-order valence-corrected chi connectivity index (χ3v) is 2.22. The number of aryl methyl sites for hydroxylation is 1. The van der Waals surface area contributed by atoms with E-state index in [9.17, 15) is 9.59 Å². The molecule has 1 aromatic carbocycles. The van der Waals surface area contributed by atoms with Gasteiger partial charge in [-0.2, -0.15) is 0 Å². The molecule has 0 aromatic heterocycles. The Morgan fingerprint density at radius 2 is 2.06 bits per heavy atom. The summed E-state index contributed by atoms with van der Waals surface area (Å²) in [4.78, 5) is 22.7. The molecule has 0 fully saturated rings. The zero-order chi connectivity index (χ0) is 12.8. The Hall–Kier alpha value is -1.55. The van der Waals surface area contributed by atoms with Crippen molar-refractivity contribution in [1.82, 2.24) is 5.32 Å². The van der Waals surface area contributed by atoms with Crippen LogP contribution in [0.1, 0.15) is 22.8 Å². The fraction of sp³-hybridized carbons (Fsp3) is 0.333. The van der Waals surface area contributed by atoms with Gasteiger partial charge in [0.05, 0.1) is 6.61 Å². The predicted molar refractivity (Wildman–Crippen MR) is 65.2 cm³/mol. The molecule has 1 rings (SSSR count). The first kappa shape index (κ1) is 13.5. The van der Waals surface area contributed by atoms with Gasteiger partial charge in [0.1, 0.15) is 6.54 Å². The van der Waals surface area contributed by atoms with Crippen LogP contribution in [0.2, 0.25) is 5.02 Å². The first-order valence-corrected chi connectivity index (χ1v) is 5.61. The van der Waals surface area contributed by atoms with Crippen LogP contribution in [0.5, 0.6) is 0 Å². The highest BCUT2D eigenvalue weighted by Gasteiger charge is 2.09. The lowest BCUT2D eigenvalue weighted by Gasteiger charge is -2.06. The maximum atomic E-state index is 11.7. The van der Waals surface area contributed by atoms with E-state index in [1.54, 1.807) is 25.1 Å². The lowest BCUT2D eigenvalue weighted by Crippen LogP contribution is -2.30. The standard InChI is InChI=1S/C12H14ClNO3/c1-3-17-11(15)7-14-12(16)9-4-8(2)5-10(13)6-9/h4-6H,3,7H2,1-2H3,(H,14,16). The molecular formula is C12H14ClNO3. The molecule has 4 nitrogen and oxygen atoms in total. The van der Waals surface area contributed by atoms with E-state index in [0.29, 0.717) is 17.2 Å². The smallest absolute Gasteiger partial charge is 0.325 e. The second-order valence-corrected chi connectivity index (χ2v) is 3.94. The molecule has 0 unspecified atom stereocenters. The number of ether oxygens (including phenoxy) is 1. The van der Waals surface area contributed by atoms with E-state index < -0.39 is 5.97 Å². The average Bonchev–Trinajstić information content (AvgIpc) is 2.25. The van der Waals surface area contributed by atoms with E-state index in [1.807, 2.05) is 6.92 Å². The lowest BCUT2D eigenvalue weighted by atomic mass is 10.1. The summed E-state index contributed by atoms with van der Waals surface area (Å²) in [6.45, 7) is 3.71. The number of esters is 1. The van der Waals surface area contributed by atoms with Gasteiger partial charge in [-0.05, 0) is 37.6 Å². The van der Waals surface area contributed by atoms with E-state index in [-0.39, 0.29) is 12.5 Å². The Bertz CT molecular complexity index is 412. The van der Waals surface area contributed by atoms with E-state index in [2.05, 4.69) is 5.32 Å². The summed E-state index contributed by atoms with van der Waals surface area (Å²) in [6, 6.07) is 5.01. The number of carbonyl (C=O) groups excluding carboxylic acids is 2. The Morgan fingerprint density at radius 1 is 1.35 bits per heavy atom. The molecule has 0 saturated heterocycles. The van der Waals surface area contributed by atoms with Crippen molar-refractivity contribution in [2.24, 2.45) is 0 Å². The lowest BCUT2D eigenvalue weighted by molar-refractivity contribution is -0.141. The molecule has 17 heavy (non-hydrogen) atoms. The molecule has 0 aliphatic heterocycles. The predicted octanol–water partition coefficient (Wildman–Crippen LogP) is 1.94. The minimum absolute atomic E-state index is 0.141. The van der Waals surface area contributed by atoms with Gasteiger partial charge in [-0.15, -0.1) is 0 Å². The van der Waals surface area contributed by atoms with Crippen LogP contribution in [-0.4, -0.2) is 25.0 Å². The van der Waals surface area contributed by atoms with Crippen LogP contribution in [0, 0.1) is 6.92 Å². The Kier molecular flexibility index (Phi) is 4.97. The van der Waals surface area contributed by atoms with E-state index in [0.717, 1.165) is 5.56 Å². The van der Waals surface area contributed by atoms with Crippen LogP contribution in [-0.2, 0) is 9.53 Å². The van der Waals surface area contributed by atoms with Gasteiger partial charge in [0.2, 0.25) is 0 Å². The maximum absolute atomic E-state index is 11.7. The van der Waals surface area contributed by atoms with E-state index >= 15 is 0 Å². The highest BCUT2D eigenvalue weighted by atomic mass is 35.5. The first-order valence-electron chi connectivity index (χ1n) is 5.24. The quantitative estimate of drug-likeness (QED) is 0.837. The summed E-state index contributed by atoms with van der Waals surface area (Å²) in [7, 11) is 0. The largest absolute Gasteiger partial charge is 0.465 e. The number of benzene rings is 1. The number of nitrogens with one attached hydrogen (secondary N) is 1. The Balaban J connectivity index is 2.61. The molecule has 0 bridgehead atoms. The van der Waals surface area contributed by atoms with Crippen molar-refractivity contribution >= 4 is 23.5 Å². The van der Waals surface area contributed by atoms with Crippen LogP contribution in [0.3, 0.4) is 0 Å². The normalized spacial score (nSPS) is 9.82. The molecule has 5 heteroatoms. The third kappa shape index (κ3) is 4.44. The van der Waals surface area contributed by atoms with Gasteiger partial charge in [0.25, 0.3) is 5.91 Å². The summed E-state index contributed by atoms with van der Waals surface area (Å²) in [5.41, 5.74) is 1.32. The van der Waals surface area contributed by atoms with Crippen molar-refractivity contribution < 1.29 is 14.3 Å². The van der Waals surface area contributed by atoms with Crippen molar-refractivity contribution in [2.75, 3.05) is 13.2 Å². The number of amides is 1. The second kappa shape index (κ2) is 6.25. The Labute approximate surface area is 105 Å². The topological polar surface area (TPSA) is 55.4 Å². The van der Waals surface area contributed by atoms with Gasteiger partial charge >= 0.3 is 5.97 Å². The fourth-order valence-electron chi connectivity index (χ4n) is 1.33. The van der Waals surface area contributed by atoms with Gasteiger partial charge < -0.3 is 10.1 Å². The number of rotatable bonds is 4. The van der Waals surface area contributed by atoms with Crippen LogP contribution in [0.25, 0.3) is 0 Å². The average molecular weight is 256 g/mol. The summed E-state index contributed by atoms with van der Waals surface area (Å²) in [5, 5.41) is 2.96. The number of hydrogen-bond acceptors (Lipinski definition) is 3. The number of hydrogen-bond donors (Lipinski definition) is 1. The molecular weight excluding hydrogens is 242 g/mol. The summed E-state index contributed by atoms with van der Waals surface area (Å²) >= 11 is 5.84. The van der Waals surface area contributed by atoms with Crippen LogP contribution < -0.4 is 5.32 Å². The highest BCUT2D eigenvalue weighted by molar-refractivity contribution is 6.31. The van der Waals surface area contributed by atoms with Crippen LogP contribution >= 0.6 is 11.6 Å². The van der Waals surface area contributed by atoms with Crippen molar-refractivity contribution in [3.05, 3.63) is 34.3 Å². The summed E-state index contributed by atoms with van der Waals surface area (Å²) in [6.07, 6.45) is 0.